The van der Waals surface area contributed by atoms with E-state index >= 15 is 0 Å². The van der Waals surface area contributed by atoms with Crippen LogP contribution < -0.4 is 0 Å². The summed E-state index contributed by atoms with van der Waals surface area (Å²) in [5.74, 6) is -2.25. The maximum atomic E-state index is 12.4. The van der Waals surface area contributed by atoms with Gasteiger partial charge in [0.25, 0.3) is 0 Å². The van der Waals surface area contributed by atoms with Crippen LogP contribution in [0.3, 0.4) is 0 Å². The van der Waals surface area contributed by atoms with Gasteiger partial charge in [0, 0.05) is 11.1 Å². The molecule has 0 aromatic heterocycles. The molecule has 4 nitrogen and oxygen atoms in total. The Morgan fingerprint density at radius 3 is 2.40 bits per heavy atom. The number of hydrogen-bond donors (Lipinski definition) is 0. The molecule has 2 rings (SSSR count). The number of Topliss-reactive ketones (excluding diaryl/α,β-unsaturated/α-hetero) is 2. The van der Waals surface area contributed by atoms with Crippen LogP contribution in [-0.2, 0) is 9.59 Å². The summed E-state index contributed by atoms with van der Waals surface area (Å²) in [4.78, 5) is 38.3. The lowest BCUT2D eigenvalue weighted by Crippen LogP contribution is -2.43. The highest BCUT2D eigenvalue weighted by molar-refractivity contribution is 6.27. The molecule has 1 saturated heterocycles. The number of ketones is 2. The molecule has 106 valence electrons. The van der Waals surface area contributed by atoms with Crippen molar-refractivity contribution in [3.05, 3.63) is 35.4 Å². The van der Waals surface area contributed by atoms with E-state index in [0.717, 1.165) is 5.56 Å². The maximum Gasteiger partial charge on any atom is 0.242 e. The first-order valence-electron chi connectivity index (χ1n) is 6.67. The zero-order valence-electron chi connectivity index (χ0n) is 12.3. The predicted molar refractivity (Wildman–Crippen MR) is 75.5 cm³/mol. The number of amides is 1. The van der Waals surface area contributed by atoms with Crippen LogP contribution in [0.15, 0.2) is 24.3 Å². The third kappa shape index (κ3) is 2.50. The van der Waals surface area contributed by atoms with Gasteiger partial charge >= 0.3 is 0 Å². The average Bonchev–Trinajstić information content (AvgIpc) is 2.64. The number of hydrogen-bond acceptors (Lipinski definition) is 3. The average molecular weight is 273 g/mol. The molecule has 0 spiro atoms. The highest BCUT2D eigenvalue weighted by Crippen LogP contribution is 2.26. The van der Waals surface area contributed by atoms with Gasteiger partial charge in [-0.2, -0.15) is 0 Å². The second kappa shape index (κ2) is 4.85. The molecule has 1 aliphatic rings. The van der Waals surface area contributed by atoms with Gasteiger partial charge in [0.15, 0.2) is 17.5 Å². The van der Waals surface area contributed by atoms with Crippen molar-refractivity contribution in [3.63, 3.8) is 0 Å². The molecule has 1 aliphatic heterocycles. The van der Waals surface area contributed by atoms with Crippen LogP contribution in [0.2, 0.25) is 0 Å². The third-order valence-electron chi connectivity index (χ3n) is 3.52. The summed E-state index contributed by atoms with van der Waals surface area (Å²) in [6.45, 7) is 7.47. The molecule has 4 heteroatoms. The summed E-state index contributed by atoms with van der Waals surface area (Å²) in [7, 11) is 0. The minimum absolute atomic E-state index is 0.0184. The predicted octanol–water partition coefficient (Wildman–Crippen LogP) is 2.00. The molecule has 0 aliphatic carbocycles. The van der Waals surface area contributed by atoms with Crippen LogP contribution in [-0.4, -0.2) is 34.5 Å². The molecule has 1 amide bonds. The van der Waals surface area contributed by atoms with Crippen molar-refractivity contribution in [2.75, 3.05) is 6.54 Å². The van der Waals surface area contributed by atoms with Crippen molar-refractivity contribution in [1.82, 2.24) is 4.90 Å². The molecule has 1 aromatic carbocycles. The minimum atomic E-state index is -1.17. The fourth-order valence-corrected chi connectivity index (χ4v) is 2.41. The molecule has 1 heterocycles. The lowest BCUT2D eigenvalue weighted by molar-refractivity contribution is -0.133. The van der Waals surface area contributed by atoms with E-state index in [0.29, 0.717) is 5.56 Å². The summed E-state index contributed by atoms with van der Waals surface area (Å²) in [5, 5.41) is 0. The fraction of sp³-hybridized carbons (Fsp3) is 0.438. The highest BCUT2D eigenvalue weighted by Gasteiger charge is 2.47. The molecular weight excluding hydrogens is 254 g/mol. The minimum Gasteiger partial charge on any atom is -0.329 e. The number of nitrogens with zero attached hydrogens (tertiary/aromatic N) is 1. The summed E-state index contributed by atoms with van der Waals surface area (Å²) < 4.78 is 0. The van der Waals surface area contributed by atoms with Crippen molar-refractivity contribution < 1.29 is 14.4 Å². The summed E-state index contributed by atoms with van der Waals surface area (Å²) in [6.07, 6.45) is 0. The van der Waals surface area contributed by atoms with E-state index < -0.39 is 17.2 Å². The number of carbonyl (C=O) groups excluding carboxylic acids is 3. The standard InChI is InChI=1S/C16H19NO3/c1-10-6-5-7-11(8-10)14(19)13-12(18)9-17(15(13)20)16(2,3)4/h5-8,13H,9H2,1-4H3. The van der Waals surface area contributed by atoms with E-state index in [1.807, 2.05) is 33.8 Å². The molecule has 1 unspecified atom stereocenters. The number of benzene rings is 1. The fourth-order valence-electron chi connectivity index (χ4n) is 2.41. The van der Waals surface area contributed by atoms with Gasteiger partial charge in [0.1, 0.15) is 0 Å². The molecule has 0 saturated carbocycles. The van der Waals surface area contributed by atoms with Gasteiger partial charge in [0.05, 0.1) is 6.54 Å². The first-order chi connectivity index (χ1) is 9.21. The van der Waals surface area contributed by atoms with Crippen molar-refractivity contribution >= 4 is 17.5 Å². The van der Waals surface area contributed by atoms with Gasteiger partial charge in [-0.1, -0.05) is 23.8 Å². The third-order valence-corrected chi connectivity index (χ3v) is 3.52. The Morgan fingerprint density at radius 2 is 1.90 bits per heavy atom. The van der Waals surface area contributed by atoms with Crippen LogP contribution in [0.4, 0.5) is 0 Å². The van der Waals surface area contributed by atoms with Gasteiger partial charge in [-0.3, -0.25) is 14.4 Å². The van der Waals surface area contributed by atoms with Crippen LogP contribution in [0.25, 0.3) is 0 Å². The number of aryl methyl sites for hydroxylation is 1. The number of carbonyl (C=O) groups is 3. The van der Waals surface area contributed by atoms with Gasteiger partial charge in [0.2, 0.25) is 5.91 Å². The molecule has 1 fully saturated rings. The summed E-state index contributed by atoms with van der Waals surface area (Å²) in [5.41, 5.74) is 0.905. The van der Waals surface area contributed by atoms with Gasteiger partial charge in [-0.15, -0.1) is 0 Å². The number of likely N-dealkylation sites (tertiary alicyclic amines) is 1. The van der Waals surface area contributed by atoms with Gasteiger partial charge in [-0.25, -0.2) is 0 Å². The zero-order valence-corrected chi connectivity index (χ0v) is 12.3. The first kappa shape index (κ1) is 14.4. The quantitative estimate of drug-likeness (QED) is 0.612. The van der Waals surface area contributed by atoms with E-state index in [9.17, 15) is 14.4 Å². The first-order valence-corrected chi connectivity index (χ1v) is 6.67. The van der Waals surface area contributed by atoms with E-state index in [1.54, 1.807) is 18.2 Å². The van der Waals surface area contributed by atoms with Crippen molar-refractivity contribution in [1.29, 1.82) is 0 Å². The van der Waals surface area contributed by atoms with E-state index in [4.69, 9.17) is 0 Å². The Kier molecular flexibility index (Phi) is 3.50. The van der Waals surface area contributed by atoms with Crippen LogP contribution in [0.1, 0.15) is 36.7 Å². The Balaban J connectivity index is 2.32. The second-order valence-corrected chi connectivity index (χ2v) is 6.23. The molecular formula is C16H19NO3. The topological polar surface area (TPSA) is 54.5 Å². The molecule has 0 radical (unpaired) electrons. The normalized spacial score (nSPS) is 19.6. The zero-order chi connectivity index (χ0) is 15.1. The highest BCUT2D eigenvalue weighted by atomic mass is 16.2. The second-order valence-electron chi connectivity index (χ2n) is 6.23. The molecule has 1 atom stereocenters. The monoisotopic (exact) mass is 273 g/mol. The Morgan fingerprint density at radius 1 is 1.25 bits per heavy atom. The molecule has 1 aromatic rings. The van der Waals surface area contributed by atoms with Gasteiger partial charge < -0.3 is 4.90 Å². The molecule has 20 heavy (non-hydrogen) atoms. The van der Waals surface area contributed by atoms with Gasteiger partial charge in [-0.05, 0) is 33.8 Å². The Labute approximate surface area is 118 Å². The smallest absolute Gasteiger partial charge is 0.242 e. The van der Waals surface area contributed by atoms with E-state index in [2.05, 4.69) is 0 Å². The van der Waals surface area contributed by atoms with E-state index in [1.165, 1.54) is 4.90 Å². The number of rotatable bonds is 2. The Hall–Kier alpha value is -1.97. The lowest BCUT2D eigenvalue weighted by atomic mass is 9.94. The van der Waals surface area contributed by atoms with Crippen LogP contribution in [0, 0.1) is 12.8 Å². The molecule has 0 N–H and O–H groups in total. The molecule has 0 bridgehead atoms. The van der Waals surface area contributed by atoms with Crippen LogP contribution in [0.5, 0.6) is 0 Å². The Bertz CT molecular complexity index is 584. The summed E-state index contributed by atoms with van der Waals surface area (Å²) in [6, 6.07) is 6.99. The SMILES string of the molecule is Cc1cccc(C(=O)C2C(=O)CN(C(C)(C)C)C2=O)c1. The maximum absolute atomic E-state index is 12.4. The van der Waals surface area contributed by atoms with E-state index in [-0.39, 0.29) is 18.2 Å². The van der Waals surface area contributed by atoms with Crippen molar-refractivity contribution in [2.45, 2.75) is 33.2 Å². The summed E-state index contributed by atoms with van der Waals surface area (Å²) >= 11 is 0. The van der Waals surface area contributed by atoms with Crippen LogP contribution >= 0.6 is 0 Å². The lowest BCUT2D eigenvalue weighted by Gasteiger charge is -2.31. The van der Waals surface area contributed by atoms with Crippen molar-refractivity contribution in [3.8, 4) is 0 Å². The largest absolute Gasteiger partial charge is 0.329 e. The van der Waals surface area contributed by atoms with Crippen molar-refractivity contribution in [2.24, 2.45) is 5.92 Å².